The van der Waals surface area contributed by atoms with Crippen molar-refractivity contribution in [2.45, 2.75) is 36.7 Å². The van der Waals surface area contributed by atoms with Crippen LogP contribution in [0.15, 0.2) is 5.11 Å². The van der Waals surface area contributed by atoms with E-state index in [0.29, 0.717) is 5.75 Å². The average molecular weight is 249 g/mol. The molecule has 0 saturated carbocycles. The Balaban J connectivity index is 2.83. The summed E-state index contributed by atoms with van der Waals surface area (Å²) in [6, 6.07) is -0.840. The van der Waals surface area contributed by atoms with Gasteiger partial charge >= 0.3 is 0 Å². The second-order valence-electron chi connectivity index (χ2n) is 3.36. The van der Waals surface area contributed by atoms with Gasteiger partial charge in [0, 0.05) is 4.91 Å². The molecule has 0 aromatic heterocycles. The van der Waals surface area contributed by atoms with Crippen molar-refractivity contribution in [2.75, 3.05) is 12.4 Å². The summed E-state index contributed by atoms with van der Waals surface area (Å²) in [5, 5.41) is 31.7. The Bertz CT molecular complexity index is 274. The number of ether oxygens (including phenoxy) is 1. The SMILES string of the molecule is CCS[C@@H]1O[C@H](CO)[C@@H](O)[C@H](O)[C@H]1N=[N+]=[N-]. The molecule has 0 amide bonds. The van der Waals surface area contributed by atoms with Crippen LogP contribution in [0, 0.1) is 0 Å². The number of thioether (sulfide) groups is 1. The first-order chi connectivity index (χ1) is 7.65. The number of nitrogens with zero attached hydrogens (tertiary/aromatic N) is 3. The molecule has 7 nitrogen and oxygen atoms in total. The van der Waals surface area contributed by atoms with E-state index in [2.05, 4.69) is 10.0 Å². The molecule has 92 valence electrons. The molecular formula is C8H15N3O4S. The summed E-state index contributed by atoms with van der Waals surface area (Å²) in [6.07, 6.45) is -3.30. The molecule has 16 heavy (non-hydrogen) atoms. The van der Waals surface area contributed by atoms with Gasteiger partial charge in [-0.15, -0.1) is 11.8 Å². The summed E-state index contributed by atoms with van der Waals surface area (Å²) in [4.78, 5) is 2.63. The van der Waals surface area contributed by atoms with Crippen LogP contribution in [0.25, 0.3) is 10.4 Å². The average Bonchev–Trinajstić information content (AvgIpc) is 2.28. The molecule has 1 fully saturated rings. The van der Waals surface area contributed by atoms with Gasteiger partial charge in [-0.05, 0) is 11.3 Å². The van der Waals surface area contributed by atoms with Gasteiger partial charge in [0.2, 0.25) is 0 Å². The van der Waals surface area contributed by atoms with Crippen molar-refractivity contribution in [3.05, 3.63) is 10.4 Å². The number of hydrogen-bond acceptors (Lipinski definition) is 6. The monoisotopic (exact) mass is 249 g/mol. The molecule has 0 spiro atoms. The highest BCUT2D eigenvalue weighted by molar-refractivity contribution is 7.99. The molecule has 0 bridgehead atoms. The minimum atomic E-state index is -1.24. The summed E-state index contributed by atoms with van der Waals surface area (Å²) >= 11 is 1.36. The van der Waals surface area contributed by atoms with Crippen molar-refractivity contribution >= 4 is 11.8 Å². The molecule has 0 unspecified atom stereocenters. The van der Waals surface area contributed by atoms with Crippen molar-refractivity contribution in [1.82, 2.24) is 0 Å². The van der Waals surface area contributed by atoms with Gasteiger partial charge in [-0.1, -0.05) is 12.0 Å². The van der Waals surface area contributed by atoms with E-state index in [1.54, 1.807) is 0 Å². The van der Waals surface area contributed by atoms with Crippen LogP contribution in [0.1, 0.15) is 6.92 Å². The van der Waals surface area contributed by atoms with Crippen LogP contribution in [0.4, 0.5) is 0 Å². The quantitative estimate of drug-likeness (QED) is 0.364. The first kappa shape index (κ1) is 13.6. The van der Waals surface area contributed by atoms with Gasteiger partial charge in [0.05, 0.1) is 12.7 Å². The van der Waals surface area contributed by atoms with E-state index >= 15 is 0 Å². The van der Waals surface area contributed by atoms with Gasteiger partial charge < -0.3 is 20.1 Å². The largest absolute Gasteiger partial charge is 0.394 e. The summed E-state index contributed by atoms with van der Waals surface area (Å²) in [5.74, 6) is 0.711. The van der Waals surface area contributed by atoms with E-state index in [-0.39, 0.29) is 6.61 Å². The third-order valence-electron chi connectivity index (χ3n) is 2.36. The molecule has 3 N–H and O–H groups in total. The lowest BCUT2D eigenvalue weighted by atomic mass is 9.99. The summed E-state index contributed by atoms with van der Waals surface area (Å²) in [5.41, 5.74) is 7.84. The lowest BCUT2D eigenvalue weighted by Crippen LogP contribution is -2.56. The number of aliphatic hydroxyl groups is 3. The zero-order valence-electron chi connectivity index (χ0n) is 8.80. The van der Waals surface area contributed by atoms with Crippen molar-refractivity contribution < 1.29 is 20.1 Å². The lowest BCUT2D eigenvalue weighted by molar-refractivity contribution is -0.165. The van der Waals surface area contributed by atoms with E-state index in [9.17, 15) is 10.2 Å². The Morgan fingerprint density at radius 2 is 2.12 bits per heavy atom. The number of rotatable bonds is 4. The molecular weight excluding hydrogens is 234 g/mol. The van der Waals surface area contributed by atoms with Crippen LogP contribution in [0.2, 0.25) is 0 Å². The molecule has 1 rings (SSSR count). The Morgan fingerprint density at radius 1 is 1.44 bits per heavy atom. The topological polar surface area (TPSA) is 119 Å². The maximum atomic E-state index is 9.75. The van der Waals surface area contributed by atoms with Crippen LogP contribution in [-0.4, -0.2) is 57.5 Å². The Labute approximate surface area is 97.0 Å². The summed E-state index contributed by atoms with van der Waals surface area (Å²) in [7, 11) is 0. The number of azide groups is 1. The van der Waals surface area contributed by atoms with Gasteiger partial charge in [0.1, 0.15) is 23.7 Å². The maximum Gasteiger partial charge on any atom is 0.114 e. The van der Waals surface area contributed by atoms with Crippen LogP contribution >= 0.6 is 11.8 Å². The normalized spacial score (nSPS) is 39.1. The van der Waals surface area contributed by atoms with E-state index in [1.807, 2.05) is 6.92 Å². The predicted octanol–water partition coefficient (Wildman–Crippen LogP) is -0.143. The molecule has 1 aliphatic heterocycles. The van der Waals surface area contributed by atoms with Crippen molar-refractivity contribution in [2.24, 2.45) is 5.11 Å². The maximum absolute atomic E-state index is 9.75. The second kappa shape index (κ2) is 6.29. The number of aliphatic hydroxyl groups excluding tert-OH is 3. The molecule has 8 heteroatoms. The lowest BCUT2D eigenvalue weighted by Gasteiger charge is -2.40. The van der Waals surface area contributed by atoms with Gasteiger partial charge in [0.15, 0.2) is 0 Å². The van der Waals surface area contributed by atoms with Crippen molar-refractivity contribution in [1.29, 1.82) is 0 Å². The molecule has 1 aliphatic rings. The third-order valence-corrected chi connectivity index (χ3v) is 3.42. The van der Waals surface area contributed by atoms with E-state index in [1.165, 1.54) is 11.8 Å². The fraction of sp³-hybridized carbons (Fsp3) is 1.00. The minimum Gasteiger partial charge on any atom is -0.394 e. The molecule has 1 saturated heterocycles. The predicted molar refractivity (Wildman–Crippen MR) is 58.8 cm³/mol. The van der Waals surface area contributed by atoms with Crippen LogP contribution in [-0.2, 0) is 4.74 Å². The molecule has 0 aromatic carbocycles. The smallest absolute Gasteiger partial charge is 0.114 e. The highest BCUT2D eigenvalue weighted by Crippen LogP contribution is 2.30. The summed E-state index contributed by atoms with van der Waals surface area (Å²) < 4.78 is 5.36. The zero-order valence-corrected chi connectivity index (χ0v) is 9.62. The Kier molecular flexibility index (Phi) is 5.33. The first-order valence-electron chi connectivity index (χ1n) is 4.94. The molecule has 0 aliphatic carbocycles. The van der Waals surface area contributed by atoms with Crippen LogP contribution in [0.3, 0.4) is 0 Å². The standard InChI is InChI=1S/C8H15N3O4S/c1-2-16-8-5(10-11-9)7(14)6(13)4(3-12)15-8/h4-8,12-14H,2-3H2,1H3/t4-,5-,6-,7-,8+/m1/s1. The van der Waals surface area contributed by atoms with Crippen molar-refractivity contribution in [3.63, 3.8) is 0 Å². The highest BCUT2D eigenvalue weighted by atomic mass is 32.2. The second-order valence-corrected chi connectivity index (χ2v) is 4.73. The first-order valence-corrected chi connectivity index (χ1v) is 5.98. The van der Waals surface area contributed by atoms with Crippen LogP contribution in [0.5, 0.6) is 0 Å². The van der Waals surface area contributed by atoms with E-state index < -0.39 is 29.8 Å². The fourth-order valence-electron chi connectivity index (χ4n) is 1.55. The Hall–Kier alpha value is -0.500. The van der Waals surface area contributed by atoms with Gasteiger partial charge in [0.25, 0.3) is 0 Å². The van der Waals surface area contributed by atoms with Crippen molar-refractivity contribution in [3.8, 4) is 0 Å². The zero-order chi connectivity index (χ0) is 12.1. The third kappa shape index (κ3) is 2.79. The minimum absolute atomic E-state index is 0.387. The molecule has 0 radical (unpaired) electrons. The summed E-state index contributed by atoms with van der Waals surface area (Å²) in [6.45, 7) is 1.51. The van der Waals surface area contributed by atoms with Gasteiger partial charge in [-0.25, -0.2) is 0 Å². The van der Waals surface area contributed by atoms with Gasteiger partial charge in [-0.3, -0.25) is 0 Å². The molecule has 5 atom stereocenters. The Morgan fingerprint density at radius 3 is 2.62 bits per heavy atom. The fourth-order valence-corrected chi connectivity index (χ4v) is 2.51. The highest BCUT2D eigenvalue weighted by Gasteiger charge is 2.43. The van der Waals surface area contributed by atoms with E-state index in [4.69, 9.17) is 15.4 Å². The van der Waals surface area contributed by atoms with E-state index in [0.717, 1.165) is 0 Å². The number of hydrogen-bond donors (Lipinski definition) is 3. The van der Waals surface area contributed by atoms with Gasteiger partial charge in [-0.2, -0.15) is 0 Å². The van der Waals surface area contributed by atoms with Crippen LogP contribution < -0.4 is 0 Å². The molecule has 1 heterocycles. The molecule has 0 aromatic rings.